The van der Waals surface area contributed by atoms with Crippen LogP contribution in [0.1, 0.15) is 26.6 Å². The summed E-state index contributed by atoms with van der Waals surface area (Å²) < 4.78 is 0. The molecule has 0 fully saturated rings. The molecule has 15 heavy (non-hydrogen) atoms. The highest BCUT2D eigenvalue weighted by Crippen LogP contribution is 2.13. The van der Waals surface area contributed by atoms with Gasteiger partial charge in [-0.1, -0.05) is 13.8 Å². The summed E-state index contributed by atoms with van der Waals surface area (Å²) in [6.07, 6.45) is 0. The van der Waals surface area contributed by atoms with Crippen LogP contribution in [-0.2, 0) is 0 Å². The number of aryl methyl sites for hydroxylation is 1. The van der Waals surface area contributed by atoms with E-state index >= 15 is 0 Å². The van der Waals surface area contributed by atoms with Gasteiger partial charge in [-0.2, -0.15) is 0 Å². The van der Waals surface area contributed by atoms with Crippen LogP contribution in [0.3, 0.4) is 0 Å². The maximum Gasteiger partial charge on any atom is 0.132 e. The number of rotatable bonds is 4. The van der Waals surface area contributed by atoms with Crippen LogP contribution in [0.4, 0.5) is 11.6 Å². The first kappa shape index (κ1) is 11.8. The maximum absolute atomic E-state index is 4.34. The first-order chi connectivity index (χ1) is 7.02. The molecule has 2 N–H and O–H groups in total. The molecule has 0 saturated heterocycles. The van der Waals surface area contributed by atoms with Crippen LogP contribution in [0, 0.1) is 12.8 Å². The Hall–Kier alpha value is -1.32. The number of hydrogen-bond donors (Lipinski definition) is 2. The molecule has 0 aromatic carbocycles. The predicted octanol–water partition coefficient (Wildman–Crippen LogP) is 2.28. The number of anilines is 2. The normalized spacial score (nSPS) is 12.7. The minimum Gasteiger partial charge on any atom is -0.373 e. The Kier molecular flexibility index (Phi) is 3.88. The molecule has 0 radical (unpaired) electrons. The molecule has 4 nitrogen and oxygen atoms in total. The van der Waals surface area contributed by atoms with Crippen LogP contribution >= 0.6 is 0 Å². The van der Waals surface area contributed by atoms with E-state index in [0.29, 0.717) is 12.0 Å². The third kappa shape index (κ3) is 3.38. The zero-order valence-electron chi connectivity index (χ0n) is 10.1. The highest BCUT2D eigenvalue weighted by Gasteiger charge is 2.08. The zero-order chi connectivity index (χ0) is 11.4. The van der Waals surface area contributed by atoms with Crippen molar-refractivity contribution >= 4 is 11.6 Å². The van der Waals surface area contributed by atoms with E-state index in [1.54, 1.807) is 0 Å². The van der Waals surface area contributed by atoms with Crippen molar-refractivity contribution < 1.29 is 0 Å². The van der Waals surface area contributed by atoms with Gasteiger partial charge < -0.3 is 10.6 Å². The van der Waals surface area contributed by atoms with Gasteiger partial charge in [0, 0.05) is 19.2 Å². The van der Waals surface area contributed by atoms with Gasteiger partial charge in [-0.15, -0.1) is 0 Å². The third-order valence-corrected chi connectivity index (χ3v) is 2.47. The van der Waals surface area contributed by atoms with Gasteiger partial charge >= 0.3 is 0 Å². The Morgan fingerprint density at radius 1 is 1.13 bits per heavy atom. The van der Waals surface area contributed by atoms with Crippen LogP contribution in [0.15, 0.2) is 6.07 Å². The predicted molar refractivity (Wildman–Crippen MR) is 64.2 cm³/mol. The van der Waals surface area contributed by atoms with Crippen LogP contribution in [0.25, 0.3) is 0 Å². The first-order valence-corrected chi connectivity index (χ1v) is 5.33. The molecule has 0 aliphatic carbocycles. The van der Waals surface area contributed by atoms with Crippen molar-refractivity contribution in [2.24, 2.45) is 5.92 Å². The highest BCUT2D eigenvalue weighted by atomic mass is 15.1. The lowest BCUT2D eigenvalue weighted by molar-refractivity contribution is 0.558. The fraction of sp³-hybridized carbons (Fsp3) is 0.636. The number of nitrogens with zero attached hydrogens (tertiary/aromatic N) is 2. The van der Waals surface area contributed by atoms with E-state index in [1.165, 1.54) is 0 Å². The van der Waals surface area contributed by atoms with Gasteiger partial charge in [0.25, 0.3) is 0 Å². The summed E-state index contributed by atoms with van der Waals surface area (Å²) in [6.45, 7) is 8.42. The van der Waals surface area contributed by atoms with Crippen LogP contribution in [-0.4, -0.2) is 23.1 Å². The summed E-state index contributed by atoms with van der Waals surface area (Å²) in [5.41, 5.74) is 0. The van der Waals surface area contributed by atoms with Crippen LogP contribution < -0.4 is 10.6 Å². The van der Waals surface area contributed by atoms with Crippen LogP contribution in [0.5, 0.6) is 0 Å². The second-order valence-corrected chi connectivity index (χ2v) is 4.11. The van der Waals surface area contributed by atoms with E-state index in [-0.39, 0.29) is 0 Å². The van der Waals surface area contributed by atoms with Gasteiger partial charge in [0.15, 0.2) is 0 Å². The Bertz CT molecular complexity index is 322. The molecule has 0 spiro atoms. The summed E-state index contributed by atoms with van der Waals surface area (Å²) in [6, 6.07) is 2.33. The summed E-state index contributed by atoms with van der Waals surface area (Å²) >= 11 is 0. The van der Waals surface area contributed by atoms with Gasteiger partial charge in [0.1, 0.15) is 17.5 Å². The monoisotopic (exact) mass is 208 g/mol. The quantitative estimate of drug-likeness (QED) is 0.797. The first-order valence-electron chi connectivity index (χ1n) is 5.33. The van der Waals surface area contributed by atoms with Gasteiger partial charge in [-0.05, 0) is 19.8 Å². The van der Waals surface area contributed by atoms with Gasteiger partial charge in [0.05, 0.1) is 0 Å². The molecule has 1 unspecified atom stereocenters. The molecule has 0 aliphatic heterocycles. The molecular weight excluding hydrogens is 188 g/mol. The van der Waals surface area contributed by atoms with Crippen LogP contribution in [0.2, 0.25) is 0 Å². The van der Waals surface area contributed by atoms with Gasteiger partial charge in [-0.25, -0.2) is 9.97 Å². The number of aromatic nitrogens is 2. The van der Waals surface area contributed by atoms with Crippen molar-refractivity contribution in [3.05, 3.63) is 11.9 Å². The summed E-state index contributed by atoms with van der Waals surface area (Å²) in [5, 5.41) is 6.39. The molecule has 0 bridgehead atoms. The van der Waals surface area contributed by atoms with Gasteiger partial charge in [-0.3, -0.25) is 0 Å². The molecule has 1 aromatic rings. The zero-order valence-corrected chi connectivity index (χ0v) is 10.1. The molecule has 1 atom stereocenters. The Morgan fingerprint density at radius 2 is 1.73 bits per heavy atom. The molecule has 0 saturated carbocycles. The van der Waals surface area contributed by atoms with E-state index in [4.69, 9.17) is 0 Å². The van der Waals surface area contributed by atoms with E-state index in [0.717, 1.165) is 17.5 Å². The second-order valence-electron chi connectivity index (χ2n) is 4.11. The van der Waals surface area contributed by atoms with Crippen molar-refractivity contribution in [1.29, 1.82) is 0 Å². The van der Waals surface area contributed by atoms with E-state index in [2.05, 4.69) is 41.4 Å². The average molecular weight is 208 g/mol. The molecule has 0 amide bonds. The molecule has 0 aliphatic rings. The average Bonchev–Trinajstić information content (AvgIpc) is 2.16. The van der Waals surface area contributed by atoms with E-state index in [1.807, 2.05) is 20.0 Å². The molecule has 1 heterocycles. The summed E-state index contributed by atoms with van der Waals surface area (Å²) in [7, 11) is 1.86. The Morgan fingerprint density at radius 3 is 2.27 bits per heavy atom. The Balaban J connectivity index is 2.80. The minimum atomic E-state index is 0.406. The third-order valence-electron chi connectivity index (χ3n) is 2.47. The van der Waals surface area contributed by atoms with E-state index < -0.39 is 0 Å². The van der Waals surface area contributed by atoms with Crippen molar-refractivity contribution in [2.75, 3.05) is 17.7 Å². The Labute approximate surface area is 91.5 Å². The molecule has 1 rings (SSSR count). The lowest BCUT2D eigenvalue weighted by atomic mass is 10.1. The van der Waals surface area contributed by atoms with Gasteiger partial charge in [0.2, 0.25) is 0 Å². The number of nitrogens with one attached hydrogen (secondary N) is 2. The lowest BCUT2D eigenvalue weighted by Crippen LogP contribution is -2.22. The summed E-state index contributed by atoms with van der Waals surface area (Å²) in [5.74, 6) is 3.09. The number of hydrogen-bond acceptors (Lipinski definition) is 4. The standard InChI is InChI=1S/C11H20N4/c1-7(2)8(3)13-11-6-10(12-5)14-9(4)15-11/h6-8H,1-5H3,(H2,12,13,14,15). The van der Waals surface area contributed by atoms with Crippen molar-refractivity contribution in [2.45, 2.75) is 33.7 Å². The highest BCUT2D eigenvalue weighted by molar-refractivity contribution is 5.47. The fourth-order valence-corrected chi connectivity index (χ4v) is 1.17. The fourth-order valence-electron chi connectivity index (χ4n) is 1.17. The lowest BCUT2D eigenvalue weighted by Gasteiger charge is -2.18. The molecule has 84 valence electrons. The minimum absolute atomic E-state index is 0.406. The maximum atomic E-state index is 4.34. The molecule has 1 aromatic heterocycles. The SMILES string of the molecule is CNc1cc(NC(C)C(C)C)nc(C)n1. The van der Waals surface area contributed by atoms with Crippen molar-refractivity contribution in [3.63, 3.8) is 0 Å². The molecule has 4 heteroatoms. The van der Waals surface area contributed by atoms with E-state index in [9.17, 15) is 0 Å². The second kappa shape index (κ2) is 4.96. The molecular formula is C11H20N4. The largest absolute Gasteiger partial charge is 0.373 e. The van der Waals surface area contributed by atoms with Crippen molar-refractivity contribution in [3.8, 4) is 0 Å². The smallest absolute Gasteiger partial charge is 0.132 e. The topological polar surface area (TPSA) is 49.8 Å². The van der Waals surface area contributed by atoms with Crippen molar-refractivity contribution in [1.82, 2.24) is 9.97 Å². The summed E-state index contributed by atoms with van der Waals surface area (Å²) in [4.78, 5) is 8.58.